The molecule has 26 heavy (non-hydrogen) atoms. The maximum atomic E-state index is 5.94. The number of nitrogens with zero attached hydrogens (tertiary/aromatic N) is 3. The molecule has 0 saturated heterocycles. The number of rotatable bonds is 10. The molecule has 0 radical (unpaired) electrons. The van der Waals surface area contributed by atoms with Crippen molar-refractivity contribution in [3.05, 3.63) is 11.7 Å². The van der Waals surface area contributed by atoms with Crippen molar-refractivity contribution in [3.8, 4) is 0 Å². The topological polar surface area (TPSA) is 84.6 Å². The zero-order chi connectivity index (χ0) is 18.6. The molecule has 0 amide bonds. The van der Waals surface area contributed by atoms with Crippen molar-refractivity contribution in [3.63, 3.8) is 0 Å². The average Bonchev–Trinajstić information content (AvgIpc) is 3.13. The van der Waals surface area contributed by atoms with Crippen LogP contribution in [-0.4, -0.2) is 48.9 Å². The van der Waals surface area contributed by atoms with Crippen LogP contribution in [0, 0.1) is 0 Å². The van der Waals surface area contributed by atoms with Gasteiger partial charge in [-0.1, -0.05) is 38.3 Å². The summed E-state index contributed by atoms with van der Waals surface area (Å²) < 4.78 is 11.2. The van der Waals surface area contributed by atoms with Crippen LogP contribution >= 0.6 is 0 Å². The van der Waals surface area contributed by atoms with Crippen molar-refractivity contribution in [2.24, 2.45) is 4.99 Å². The zero-order valence-corrected chi connectivity index (χ0v) is 16.6. The Bertz CT molecular complexity index is 524. The van der Waals surface area contributed by atoms with Gasteiger partial charge in [-0.05, 0) is 25.7 Å². The average molecular weight is 366 g/mol. The molecule has 1 aromatic heterocycles. The van der Waals surface area contributed by atoms with E-state index in [0.717, 1.165) is 50.7 Å². The van der Waals surface area contributed by atoms with Crippen LogP contribution in [0.1, 0.15) is 76.4 Å². The fourth-order valence-corrected chi connectivity index (χ4v) is 3.03. The third-order valence-electron chi connectivity index (χ3n) is 4.60. The molecular weight excluding hydrogens is 330 g/mol. The number of nitrogens with one attached hydrogen (secondary N) is 2. The maximum absolute atomic E-state index is 5.94. The summed E-state index contributed by atoms with van der Waals surface area (Å²) in [5.74, 6) is 2.62. The predicted molar refractivity (Wildman–Crippen MR) is 104 cm³/mol. The number of ether oxygens (including phenoxy) is 1. The first kappa shape index (κ1) is 20.7. The van der Waals surface area contributed by atoms with Gasteiger partial charge in [0.05, 0.1) is 6.10 Å². The molecule has 2 N–H and O–H groups in total. The van der Waals surface area contributed by atoms with E-state index in [0.29, 0.717) is 17.9 Å². The summed E-state index contributed by atoms with van der Waals surface area (Å²) in [7, 11) is 1.79. The van der Waals surface area contributed by atoms with Crippen LogP contribution in [0.25, 0.3) is 0 Å². The number of aromatic nitrogens is 2. The number of aliphatic imine (C=N–C) groups is 1. The molecule has 0 bridgehead atoms. The Morgan fingerprint density at radius 1 is 1.19 bits per heavy atom. The number of hydrogen-bond donors (Lipinski definition) is 2. The van der Waals surface area contributed by atoms with Crippen molar-refractivity contribution < 1.29 is 9.26 Å². The van der Waals surface area contributed by atoms with Crippen LogP contribution in [0.2, 0.25) is 0 Å². The lowest BCUT2D eigenvalue weighted by Gasteiger charge is -2.22. The molecular formula is C19H35N5O2. The van der Waals surface area contributed by atoms with Crippen LogP contribution in [-0.2, 0) is 11.2 Å². The van der Waals surface area contributed by atoms with Crippen LogP contribution in [0.3, 0.4) is 0 Å². The summed E-state index contributed by atoms with van der Waals surface area (Å²) in [5, 5.41) is 10.6. The van der Waals surface area contributed by atoms with Crippen molar-refractivity contribution in [2.45, 2.75) is 77.2 Å². The Morgan fingerprint density at radius 2 is 1.92 bits per heavy atom. The largest absolute Gasteiger partial charge is 0.378 e. The van der Waals surface area contributed by atoms with Gasteiger partial charge < -0.3 is 19.9 Å². The molecule has 0 unspecified atom stereocenters. The van der Waals surface area contributed by atoms with E-state index >= 15 is 0 Å². The van der Waals surface area contributed by atoms with Crippen LogP contribution in [0.5, 0.6) is 0 Å². The molecule has 0 aromatic carbocycles. The predicted octanol–water partition coefficient (Wildman–Crippen LogP) is 3.03. The molecule has 0 aliphatic heterocycles. The molecule has 0 spiro atoms. The summed E-state index contributed by atoms with van der Waals surface area (Å²) in [5.41, 5.74) is 0. The van der Waals surface area contributed by atoms with E-state index in [4.69, 9.17) is 9.26 Å². The molecule has 1 heterocycles. The van der Waals surface area contributed by atoms with Crippen LogP contribution in [0.4, 0.5) is 0 Å². The standard InChI is InChI=1S/C19H35N5O2/c1-15(2)18-23-17(26-24-18)11-7-12-21-19(20-3)22-13-8-14-25-16-9-5-4-6-10-16/h15-16H,4-14H2,1-3H3,(H2,20,21,22). The van der Waals surface area contributed by atoms with Gasteiger partial charge in [0, 0.05) is 39.1 Å². The minimum Gasteiger partial charge on any atom is -0.378 e. The van der Waals surface area contributed by atoms with Gasteiger partial charge in [0.15, 0.2) is 11.8 Å². The second-order valence-corrected chi connectivity index (χ2v) is 7.21. The summed E-state index contributed by atoms with van der Waals surface area (Å²) in [6, 6.07) is 0. The Morgan fingerprint density at radius 3 is 2.58 bits per heavy atom. The molecule has 2 rings (SSSR count). The molecule has 1 aliphatic rings. The first-order valence-corrected chi connectivity index (χ1v) is 10.1. The highest BCUT2D eigenvalue weighted by Crippen LogP contribution is 2.20. The van der Waals surface area contributed by atoms with Gasteiger partial charge in [-0.25, -0.2) is 0 Å². The highest BCUT2D eigenvalue weighted by atomic mass is 16.5. The molecule has 0 atom stereocenters. The number of aryl methyl sites for hydroxylation is 1. The fourth-order valence-electron chi connectivity index (χ4n) is 3.03. The third-order valence-corrected chi connectivity index (χ3v) is 4.60. The van der Waals surface area contributed by atoms with Crippen LogP contribution in [0.15, 0.2) is 9.52 Å². The van der Waals surface area contributed by atoms with Gasteiger partial charge in [0.1, 0.15) is 0 Å². The van der Waals surface area contributed by atoms with E-state index in [-0.39, 0.29) is 0 Å². The third kappa shape index (κ3) is 7.72. The van der Waals surface area contributed by atoms with Crippen LogP contribution < -0.4 is 10.6 Å². The van der Waals surface area contributed by atoms with Crippen molar-refractivity contribution in [1.82, 2.24) is 20.8 Å². The maximum Gasteiger partial charge on any atom is 0.226 e. The van der Waals surface area contributed by atoms with Gasteiger partial charge in [0.2, 0.25) is 5.89 Å². The van der Waals surface area contributed by atoms with Gasteiger partial charge >= 0.3 is 0 Å². The first-order chi connectivity index (χ1) is 12.7. The number of hydrogen-bond acceptors (Lipinski definition) is 5. The van der Waals surface area contributed by atoms with Crippen molar-refractivity contribution >= 4 is 5.96 Å². The molecule has 1 aromatic rings. The van der Waals surface area contributed by atoms with Gasteiger partial charge in [0.25, 0.3) is 0 Å². The zero-order valence-electron chi connectivity index (χ0n) is 16.6. The van der Waals surface area contributed by atoms with Crippen molar-refractivity contribution in [2.75, 3.05) is 26.7 Å². The quantitative estimate of drug-likeness (QED) is 0.377. The van der Waals surface area contributed by atoms with E-state index in [1.165, 1.54) is 32.1 Å². The highest BCUT2D eigenvalue weighted by Gasteiger charge is 2.13. The van der Waals surface area contributed by atoms with Gasteiger partial charge in [-0.15, -0.1) is 0 Å². The minimum atomic E-state index is 0.302. The lowest BCUT2D eigenvalue weighted by molar-refractivity contribution is 0.0277. The molecule has 148 valence electrons. The lowest BCUT2D eigenvalue weighted by Crippen LogP contribution is -2.38. The van der Waals surface area contributed by atoms with Gasteiger partial charge in [-0.2, -0.15) is 4.98 Å². The molecule has 1 aliphatic carbocycles. The molecule has 7 nitrogen and oxygen atoms in total. The summed E-state index contributed by atoms with van der Waals surface area (Å²) >= 11 is 0. The summed E-state index contributed by atoms with van der Waals surface area (Å²) in [6.45, 7) is 6.63. The minimum absolute atomic E-state index is 0.302. The molecule has 1 fully saturated rings. The van der Waals surface area contributed by atoms with E-state index in [9.17, 15) is 0 Å². The fraction of sp³-hybridized carbons (Fsp3) is 0.842. The molecule has 1 saturated carbocycles. The molecule has 7 heteroatoms. The Hall–Kier alpha value is -1.63. The Kier molecular flexibility index (Phi) is 9.45. The second-order valence-electron chi connectivity index (χ2n) is 7.21. The van der Waals surface area contributed by atoms with E-state index in [1.54, 1.807) is 7.05 Å². The Labute approximate surface area is 157 Å². The van der Waals surface area contributed by atoms with E-state index in [2.05, 4.69) is 39.6 Å². The van der Waals surface area contributed by atoms with E-state index in [1.807, 2.05) is 0 Å². The van der Waals surface area contributed by atoms with Gasteiger partial charge in [-0.3, -0.25) is 4.99 Å². The second kappa shape index (κ2) is 11.9. The first-order valence-electron chi connectivity index (χ1n) is 10.1. The monoisotopic (exact) mass is 365 g/mol. The van der Waals surface area contributed by atoms with Crippen molar-refractivity contribution in [1.29, 1.82) is 0 Å². The smallest absolute Gasteiger partial charge is 0.226 e. The lowest BCUT2D eigenvalue weighted by atomic mass is 9.98. The summed E-state index contributed by atoms with van der Waals surface area (Å²) in [4.78, 5) is 8.64. The number of guanidine groups is 1. The summed E-state index contributed by atoms with van der Waals surface area (Å²) in [6.07, 6.45) is 9.66. The normalized spacial score (nSPS) is 16.2. The van der Waals surface area contributed by atoms with E-state index < -0.39 is 0 Å². The SMILES string of the molecule is CN=C(NCCCOC1CCCCC1)NCCCc1nc(C(C)C)no1. The Balaban J connectivity index is 1.50. The highest BCUT2D eigenvalue weighted by molar-refractivity contribution is 5.79.